The van der Waals surface area contributed by atoms with E-state index in [1.54, 1.807) is 0 Å². The van der Waals surface area contributed by atoms with Gasteiger partial charge in [0.1, 0.15) is 10.7 Å². The third-order valence-corrected chi connectivity index (χ3v) is 4.33. The number of carbonyl (C=O) groups excluding carboxylic acids is 1. The molecule has 0 spiro atoms. The molecule has 1 fully saturated rings. The zero-order valence-corrected chi connectivity index (χ0v) is 12.6. The molecule has 0 atom stereocenters. The molecule has 0 unspecified atom stereocenters. The zero-order chi connectivity index (χ0) is 14.0. The van der Waals surface area contributed by atoms with Crippen molar-refractivity contribution in [1.29, 1.82) is 0 Å². The molecule has 19 heavy (non-hydrogen) atoms. The molecule has 0 bridgehead atoms. The molecule has 6 heteroatoms. The van der Waals surface area contributed by atoms with E-state index in [0.29, 0.717) is 27.2 Å². The van der Waals surface area contributed by atoms with Gasteiger partial charge in [0.2, 0.25) is 0 Å². The van der Waals surface area contributed by atoms with E-state index in [0.717, 1.165) is 13.1 Å². The molecule has 0 radical (unpaired) electrons. The Morgan fingerprint density at radius 2 is 2.21 bits per heavy atom. The van der Waals surface area contributed by atoms with Crippen LogP contribution in [0.4, 0.5) is 10.9 Å². The average Bonchev–Trinajstić information content (AvgIpc) is 2.95. The van der Waals surface area contributed by atoms with Crippen molar-refractivity contribution in [3.8, 4) is 0 Å². The molecule has 5 nitrogen and oxygen atoms in total. The van der Waals surface area contributed by atoms with Crippen molar-refractivity contribution in [3.63, 3.8) is 0 Å². The summed E-state index contributed by atoms with van der Waals surface area (Å²) in [5.41, 5.74) is 6.10. The second kappa shape index (κ2) is 5.36. The van der Waals surface area contributed by atoms with Gasteiger partial charge in [-0.15, -0.1) is 0 Å². The molecule has 1 aromatic heterocycles. The van der Waals surface area contributed by atoms with Crippen LogP contribution >= 0.6 is 11.3 Å². The second-order valence-corrected chi connectivity index (χ2v) is 7.00. The summed E-state index contributed by atoms with van der Waals surface area (Å²) in [6.07, 6.45) is 2.37. The highest BCUT2D eigenvalue weighted by atomic mass is 32.1. The summed E-state index contributed by atoms with van der Waals surface area (Å²) in [5, 5.41) is 6.85. The fourth-order valence-electron chi connectivity index (χ4n) is 1.63. The van der Waals surface area contributed by atoms with Crippen LogP contribution in [0.2, 0.25) is 0 Å². The third kappa shape index (κ3) is 3.83. The van der Waals surface area contributed by atoms with E-state index in [1.807, 2.05) is 0 Å². The molecule has 106 valence electrons. The Hall–Kier alpha value is -1.30. The van der Waals surface area contributed by atoms with E-state index in [9.17, 15) is 4.79 Å². The van der Waals surface area contributed by atoms with Crippen molar-refractivity contribution < 1.29 is 4.79 Å². The van der Waals surface area contributed by atoms with Gasteiger partial charge in [0.25, 0.3) is 5.91 Å². The van der Waals surface area contributed by atoms with E-state index in [-0.39, 0.29) is 5.91 Å². The third-order valence-electron chi connectivity index (χ3n) is 3.30. The van der Waals surface area contributed by atoms with Gasteiger partial charge in [-0.2, -0.15) is 0 Å². The summed E-state index contributed by atoms with van der Waals surface area (Å²) < 4.78 is 0. The Bertz CT molecular complexity index is 465. The number of hydrogen-bond donors (Lipinski definition) is 3. The molecule has 0 aromatic carbocycles. The van der Waals surface area contributed by atoms with Crippen LogP contribution in [0, 0.1) is 11.3 Å². The topological polar surface area (TPSA) is 80.0 Å². The number of anilines is 2. The Labute approximate surface area is 118 Å². The van der Waals surface area contributed by atoms with Crippen molar-refractivity contribution in [2.45, 2.75) is 33.6 Å². The highest BCUT2D eigenvalue weighted by molar-refractivity contribution is 7.18. The van der Waals surface area contributed by atoms with Gasteiger partial charge in [0, 0.05) is 13.1 Å². The quantitative estimate of drug-likeness (QED) is 0.748. The first-order chi connectivity index (χ1) is 8.89. The molecular formula is C13H22N4OS. The number of nitrogen functional groups attached to an aromatic ring is 1. The van der Waals surface area contributed by atoms with Gasteiger partial charge in [-0.3, -0.25) is 4.79 Å². The average molecular weight is 282 g/mol. The molecule has 1 aliphatic carbocycles. The number of hydrogen-bond acceptors (Lipinski definition) is 5. The monoisotopic (exact) mass is 282 g/mol. The molecule has 0 aliphatic heterocycles. The minimum absolute atomic E-state index is 0.110. The SMILES string of the molecule is CC(C)CNc1nc(N)c(C(=O)NCC2(C)CC2)s1. The maximum atomic E-state index is 12.0. The van der Waals surface area contributed by atoms with Gasteiger partial charge < -0.3 is 16.4 Å². The number of aromatic nitrogens is 1. The minimum Gasteiger partial charge on any atom is -0.382 e. The normalized spacial score (nSPS) is 16.4. The number of rotatable bonds is 6. The van der Waals surface area contributed by atoms with Crippen LogP contribution in [0.15, 0.2) is 0 Å². The molecule has 1 aliphatic rings. The highest BCUT2D eigenvalue weighted by Gasteiger charge is 2.37. The molecule has 1 saturated carbocycles. The van der Waals surface area contributed by atoms with E-state index in [1.165, 1.54) is 24.2 Å². The molecule has 1 aromatic rings. The van der Waals surface area contributed by atoms with Gasteiger partial charge in [-0.05, 0) is 24.2 Å². The smallest absolute Gasteiger partial charge is 0.265 e. The van der Waals surface area contributed by atoms with E-state index >= 15 is 0 Å². The lowest BCUT2D eigenvalue weighted by Crippen LogP contribution is -2.28. The minimum atomic E-state index is -0.110. The van der Waals surface area contributed by atoms with Gasteiger partial charge in [-0.1, -0.05) is 32.1 Å². The summed E-state index contributed by atoms with van der Waals surface area (Å²) in [4.78, 5) is 16.7. The van der Waals surface area contributed by atoms with Crippen molar-refractivity contribution in [2.24, 2.45) is 11.3 Å². The van der Waals surface area contributed by atoms with Gasteiger partial charge in [0.15, 0.2) is 5.13 Å². The van der Waals surface area contributed by atoms with Gasteiger partial charge in [-0.25, -0.2) is 4.98 Å². The van der Waals surface area contributed by atoms with Crippen LogP contribution in [0.5, 0.6) is 0 Å². The summed E-state index contributed by atoms with van der Waals surface area (Å²) >= 11 is 1.32. The number of nitrogens with two attached hydrogens (primary N) is 1. The van der Waals surface area contributed by atoms with Gasteiger partial charge in [0.05, 0.1) is 0 Å². The summed E-state index contributed by atoms with van der Waals surface area (Å²) in [6.45, 7) is 7.96. The van der Waals surface area contributed by atoms with Crippen LogP contribution in [0.25, 0.3) is 0 Å². The van der Waals surface area contributed by atoms with Crippen molar-refractivity contribution in [1.82, 2.24) is 10.3 Å². The van der Waals surface area contributed by atoms with Crippen LogP contribution in [0.3, 0.4) is 0 Å². The number of nitrogens with zero attached hydrogens (tertiary/aromatic N) is 1. The molecule has 4 N–H and O–H groups in total. The lowest BCUT2D eigenvalue weighted by molar-refractivity contribution is 0.0951. The fraction of sp³-hybridized carbons (Fsp3) is 0.692. The van der Waals surface area contributed by atoms with Crippen molar-refractivity contribution >= 4 is 28.2 Å². The van der Waals surface area contributed by atoms with Crippen LogP contribution < -0.4 is 16.4 Å². The fourth-order valence-corrected chi connectivity index (χ4v) is 2.43. The lowest BCUT2D eigenvalue weighted by Gasteiger charge is -2.08. The highest BCUT2D eigenvalue weighted by Crippen LogP contribution is 2.44. The number of carbonyl (C=O) groups is 1. The van der Waals surface area contributed by atoms with Crippen LogP contribution in [-0.2, 0) is 0 Å². The predicted molar refractivity (Wildman–Crippen MR) is 79.5 cm³/mol. The van der Waals surface area contributed by atoms with E-state index < -0.39 is 0 Å². The Balaban J connectivity index is 1.93. The lowest BCUT2D eigenvalue weighted by atomic mass is 10.1. The first-order valence-corrected chi connectivity index (χ1v) is 7.50. The summed E-state index contributed by atoms with van der Waals surface area (Å²) in [7, 11) is 0. The largest absolute Gasteiger partial charge is 0.382 e. The van der Waals surface area contributed by atoms with E-state index in [4.69, 9.17) is 5.73 Å². The molecule has 1 heterocycles. The molecular weight excluding hydrogens is 260 g/mol. The number of nitrogens with one attached hydrogen (secondary N) is 2. The van der Waals surface area contributed by atoms with Crippen LogP contribution in [-0.4, -0.2) is 24.0 Å². The molecule has 1 amide bonds. The molecule has 2 rings (SSSR count). The summed E-state index contributed by atoms with van der Waals surface area (Å²) in [5.74, 6) is 0.729. The number of thiazole rings is 1. The van der Waals surface area contributed by atoms with Crippen molar-refractivity contribution in [2.75, 3.05) is 24.1 Å². The maximum absolute atomic E-state index is 12.0. The Morgan fingerprint density at radius 1 is 1.53 bits per heavy atom. The number of amides is 1. The Morgan fingerprint density at radius 3 is 2.79 bits per heavy atom. The summed E-state index contributed by atoms with van der Waals surface area (Å²) in [6, 6.07) is 0. The first-order valence-electron chi connectivity index (χ1n) is 6.68. The maximum Gasteiger partial charge on any atom is 0.265 e. The molecule has 0 saturated heterocycles. The second-order valence-electron chi connectivity index (χ2n) is 6.00. The Kier molecular flexibility index (Phi) is 3.99. The predicted octanol–water partition coefficient (Wildman–Crippen LogP) is 2.32. The van der Waals surface area contributed by atoms with Gasteiger partial charge >= 0.3 is 0 Å². The van der Waals surface area contributed by atoms with Crippen LogP contribution in [0.1, 0.15) is 43.3 Å². The van der Waals surface area contributed by atoms with E-state index in [2.05, 4.69) is 36.4 Å². The standard InChI is InChI=1S/C13H22N4OS/c1-8(2)6-15-12-17-10(14)9(19-12)11(18)16-7-13(3)4-5-13/h8H,4-7,14H2,1-3H3,(H,15,17)(H,16,18). The first kappa shape index (κ1) is 14.1. The van der Waals surface area contributed by atoms with Crippen molar-refractivity contribution in [3.05, 3.63) is 4.88 Å². The zero-order valence-electron chi connectivity index (χ0n) is 11.7.